The van der Waals surface area contributed by atoms with Crippen LogP contribution in [0.4, 0.5) is 0 Å². The van der Waals surface area contributed by atoms with Crippen LogP contribution in [-0.2, 0) is 17.9 Å². The highest BCUT2D eigenvalue weighted by molar-refractivity contribution is 5.76. The van der Waals surface area contributed by atoms with E-state index in [1.807, 2.05) is 20.8 Å². The number of carbonyl (C=O) groups excluding carboxylic acids is 1. The fraction of sp³-hybridized carbons (Fsp3) is 0.636. The molecule has 0 unspecified atom stereocenters. The molecule has 1 N–H and O–H groups in total. The average Bonchev–Trinajstić information content (AvgIpc) is 2.55. The Morgan fingerprint density at radius 2 is 2.00 bits per heavy atom. The molecule has 0 bridgehead atoms. The van der Waals surface area contributed by atoms with Gasteiger partial charge in [-0.3, -0.25) is 13.9 Å². The molecule has 1 aromatic heterocycles. The number of carbonyl (C=O) groups is 1. The zero-order valence-electron chi connectivity index (χ0n) is 10.1. The third-order valence-electron chi connectivity index (χ3n) is 2.29. The number of rotatable bonds is 5. The van der Waals surface area contributed by atoms with Crippen LogP contribution in [0.1, 0.15) is 27.2 Å². The monoisotopic (exact) mass is 225 g/mol. The third kappa shape index (κ3) is 3.25. The van der Waals surface area contributed by atoms with E-state index in [0.717, 1.165) is 0 Å². The largest absolute Gasteiger partial charge is 0.354 e. The number of hydrogen-bond donors (Lipinski definition) is 1. The lowest BCUT2D eigenvalue weighted by Crippen LogP contribution is -2.32. The van der Waals surface area contributed by atoms with E-state index in [2.05, 4.69) is 5.32 Å². The predicted octanol–water partition coefficient (Wildman–Crippen LogP) is 0.584. The van der Waals surface area contributed by atoms with Crippen molar-refractivity contribution < 1.29 is 4.79 Å². The highest BCUT2D eigenvalue weighted by atomic mass is 16.2. The molecule has 1 heterocycles. The summed E-state index contributed by atoms with van der Waals surface area (Å²) in [5.74, 6) is -0.0221. The number of imidazole rings is 1. The minimum Gasteiger partial charge on any atom is -0.354 e. The van der Waals surface area contributed by atoms with Gasteiger partial charge in [0.1, 0.15) is 0 Å². The summed E-state index contributed by atoms with van der Waals surface area (Å²) >= 11 is 0. The van der Waals surface area contributed by atoms with Crippen LogP contribution in [0.5, 0.6) is 0 Å². The molecule has 5 nitrogen and oxygen atoms in total. The van der Waals surface area contributed by atoms with Crippen LogP contribution in [0, 0.1) is 0 Å². The van der Waals surface area contributed by atoms with Gasteiger partial charge < -0.3 is 5.32 Å². The molecule has 0 saturated carbocycles. The Hall–Kier alpha value is -1.52. The molecule has 0 radical (unpaired) electrons. The summed E-state index contributed by atoms with van der Waals surface area (Å²) in [5, 5.41) is 2.79. The van der Waals surface area contributed by atoms with E-state index in [0.29, 0.717) is 19.5 Å². The van der Waals surface area contributed by atoms with E-state index in [9.17, 15) is 9.59 Å². The van der Waals surface area contributed by atoms with Gasteiger partial charge in [-0.15, -0.1) is 0 Å². The van der Waals surface area contributed by atoms with Crippen molar-refractivity contribution in [3.63, 3.8) is 0 Å². The second-order valence-corrected chi connectivity index (χ2v) is 4.03. The summed E-state index contributed by atoms with van der Waals surface area (Å²) in [6, 6.07) is 0.143. The molecule has 0 aliphatic rings. The summed E-state index contributed by atoms with van der Waals surface area (Å²) < 4.78 is 3.17. The number of nitrogens with one attached hydrogen (secondary N) is 1. The Morgan fingerprint density at radius 1 is 1.38 bits per heavy atom. The Kier molecular flexibility index (Phi) is 4.34. The van der Waals surface area contributed by atoms with Crippen LogP contribution >= 0.6 is 0 Å². The maximum Gasteiger partial charge on any atom is 0.328 e. The van der Waals surface area contributed by atoms with Crippen LogP contribution < -0.4 is 11.0 Å². The Labute approximate surface area is 95.1 Å². The van der Waals surface area contributed by atoms with Gasteiger partial charge in [0, 0.05) is 37.9 Å². The van der Waals surface area contributed by atoms with E-state index in [4.69, 9.17) is 0 Å². The van der Waals surface area contributed by atoms with Gasteiger partial charge in [0.15, 0.2) is 0 Å². The molecular formula is C11H19N3O2. The number of amides is 1. The minimum absolute atomic E-state index is 0.0221. The Morgan fingerprint density at radius 3 is 2.50 bits per heavy atom. The fourth-order valence-electron chi connectivity index (χ4n) is 1.48. The molecule has 0 aromatic carbocycles. The van der Waals surface area contributed by atoms with E-state index in [1.165, 1.54) is 0 Å². The zero-order valence-corrected chi connectivity index (χ0v) is 10.1. The number of hydrogen-bond acceptors (Lipinski definition) is 2. The van der Waals surface area contributed by atoms with Crippen LogP contribution in [-0.4, -0.2) is 21.1 Å². The Balaban J connectivity index is 2.52. The van der Waals surface area contributed by atoms with Gasteiger partial charge in [-0.05, 0) is 20.8 Å². The van der Waals surface area contributed by atoms with Gasteiger partial charge in [0.2, 0.25) is 5.91 Å². The third-order valence-corrected chi connectivity index (χ3v) is 2.29. The first kappa shape index (κ1) is 12.5. The number of nitrogens with zero attached hydrogens (tertiary/aromatic N) is 2. The molecule has 0 spiro atoms. The zero-order chi connectivity index (χ0) is 12.1. The smallest absolute Gasteiger partial charge is 0.328 e. The average molecular weight is 225 g/mol. The molecular weight excluding hydrogens is 206 g/mol. The molecule has 1 rings (SSSR count). The standard InChI is InChI=1S/C11H19N3O2/c1-4-13-7-8-14(11(13)16)6-5-10(15)12-9(2)3/h7-9H,4-6H2,1-3H3,(H,12,15). The van der Waals surface area contributed by atoms with Gasteiger partial charge in [-0.2, -0.15) is 0 Å². The van der Waals surface area contributed by atoms with Crippen molar-refractivity contribution >= 4 is 5.91 Å². The molecule has 5 heteroatoms. The number of aromatic nitrogens is 2. The predicted molar refractivity (Wildman–Crippen MR) is 62.3 cm³/mol. The van der Waals surface area contributed by atoms with Crippen LogP contribution in [0.3, 0.4) is 0 Å². The fourth-order valence-corrected chi connectivity index (χ4v) is 1.48. The van der Waals surface area contributed by atoms with Gasteiger partial charge in [0.25, 0.3) is 0 Å². The molecule has 0 atom stereocenters. The summed E-state index contributed by atoms with van der Waals surface area (Å²) in [6.07, 6.45) is 3.79. The first-order chi connectivity index (χ1) is 7.54. The van der Waals surface area contributed by atoms with Crippen molar-refractivity contribution in [1.29, 1.82) is 0 Å². The summed E-state index contributed by atoms with van der Waals surface area (Å²) in [7, 11) is 0. The number of aryl methyl sites for hydroxylation is 2. The minimum atomic E-state index is -0.0557. The molecule has 0 aliphatic heterocycles. The second-order valence-electron chi connectivity index (χ2n) is 4.03. The SMILES string of the molecule is CCn1ccn(CCC(=O)NC(C)C)c1=O. The van der Waals surface area contributed by atoms with Gasteiger partial charge in [0.05, 0.1) is 0 Å². The van der Waals surface area contributed by atoms with Crippen molar-refractivity contribution in [3.8, 4) is 0 Å². The van der Waals surface area contributed by atoms with E-state index < -0.39 is 0 Å². The molecule has 0 fully saturated rings. The van der Waals surface area contributed by atoms with Gasteiger partial charge in [-0.25, -0.2) is 4.79 Å². The maximum absolute atomic E-state index is 11.6. The van der Waals surface area contributed by atoms with Crippen molar-refractivity contribution in [2.75, 3.05) is 0 Å². The summed E-state index contributed by atoms with van der Waals surface area (Å²) in [6.45, 7) is 6.83. The maximum atomic E-state index is 11.6. The van der Waals surface area contributed by atoms with Crippen molar-refractivity contribution in [1.82, 2.24) is 14.5 Å². The summed E-state index contributed by atoms with van der Waals surface area (Å²) in [5.41, 5.74) is -0.0557. The molecule has 16 heavy (non-hydrogen) atoms. The van der Waals surface area contributed by atoms with Crippen molar-refractivity contribution in [2.45, 2.75) is 46.3 Å². The van der Waals surface area contributed by atoms with Gasteiger partial charge >= 0.3 is 5.69 Å². The van der Waals surface area contributed by atoms with E-state index >= 15 is 0 Å². The van der Waals surface area contributed by atoms with Crippen LogP contribution in [0.2, 0.25) is 0 Å². The molecule has 1 aromatic rings. The van der Waals surface area contributed by atoms with Crippen LogP contribution in [0.25, 0.3) is 0 Å². The molecule has 0 saturated heterocycles. The van der Waals surface area contributed by atoms with Crippen molar-refractivity contribution in [2.24, 2.45) is 0 Å². The lowest BCUT2D eigenvalue weighted by atomic mass is 10.3. The normalized spacial score (nSPS) is 10.8. The highest BCUT2D eigenvalue weighted by Gasteiger charge is 2.06. The lowest BCUT2D eigenvalue weighted by Gasteiger charge is -2.07. The van der Waals surface area contributed by atoms with Gasteiger partial charge in [-0.1, -0.05) is 0 Å². The first-order valence-corrected chi connectivity index (χ1v) is 5.59. The second kappa shape index (κ2) is 5.53. The topological polar surface area (TPSA) is 56.0 Å². The molecule has 0 aliphatic carbocycles. The molecule has 90 valence electrons. The lowest BCUT2D eigenvalue weighted by molar-refractivity contribution is -0.121. The molecule has 1 amide bonds. The quantitative estimate of drug-likeness (QED) is 0.797. The van der Waals surface area contributed by atoms with E-state index in [-0.39, 0.29) is 17.6 Å². The Bertz CT molecular complexity index is 404. The summed E-state index contributed by atoms with van der Waals surface area (Å²) in [4.78, 5) is 23.0. The first-order valence-electron chi connectivity index (χ1n) is 5.59. The van der Waals surface area contributed by atoms with Crippen molar-refractivity contribution in [3.05, 3.63) is 22.9 Å². The van der Waals surface area contributed by atoms with Crippen LogP contribution in [0.15, 0.2) is 17.2 Å². The highest BCUT2D eigenvalue weighted by Crippen LogP contribution is 1.90. The van der Waals surface area contributed by atoms with E-state index in [1.54, 1.807) is 21.5 Å².